The summed E-state index contributed by atoms with van der Waals surface area (Å²) in [6.45, 7) is 0. The number of ether oxygens (including phenoxy) is 1. The molecule has 8 nitrogen and oxygen atoms in total. The Balaban J connectivity index is 2.39. The molecule has 0 aliphatic carbocycles. The monoisotopic (exact) mass is 211 g/mol. The number of carbonyl (C=O) groups excluding carboxylic acids is 3. The van der Waals surface area contributed by atoms with Crippen LogP contribution in [0.15, 0.2) is 12.4 Å². The quantitative estimate of drug-likeness (QED) is 0.418. The highest BCUT2D eigenvalue weighted by molar-refractivity contribution is 6.14. The third kappa shape index (κ3) is 1.41. The summed E-state index contributed by atoms with van der Waals surface area (Å²) in [7, 11) is 0. The molecule has 78 valence electrons. The average Bonchev–Trinajstić information content (AvgIpc) is 2.47. The highest BCUT2D eigenvalue weighted by atomic mass is 16.7. The molecule has 0 saturated carbocycles. The molecule has 2 heterocycles. The van der Waals surface area contributed by atoms with Gasteiger partial charge in [-0.15, -0.1) is 4.73 Å². The van der Waals surface area contributed by atoms with Gasteiger partial charge in [-0.3, -0.25) is 9.59 Å². The normalized spacial score (nSPS) is 19.9. The Labute approximate surface area is 82.5 Å². The van der Waals surface area contributed by atoms with Gasteiger partial charge >= 0.3 is 17.9 Å². The number of esters is 1. The lowest BCUT2D eigenvalue weighted by atomic mass is 10.1. The molecule has 0 fully saturated rings. The predicted molar refractivity (Wildman–Crippen MR) is 42.1 cm³/mol. The fourth-order valence-corrected chi connectivity index (χ4v) is 1.05. The summed E-state index contributed by atoms with van der Waals surface area (Å²) >= 11 is 0. The minimum Gasteiger partial charge on any atom is -0.389 e. The van der Waals surface area contributed by atoms with Crippen molar-refractivity contribution in [1.82, 2.24) is 9.71 Å². The van der Waals surface area contributed by atoms with Crippen LogP contribution in [0, 0.1) is 5.92 Å². The molecule has 1 aromatic heterocycles. The van der Waals surface area contributed by atoms with E-state index < -0.39 is 23.8 Å². The summed E-state index contributed by atoms with van der Waals surface area (Å²) < 4.78 is 5.44. The number of imidazole rings is 1. The first kappa shape index (κ1) is 9.19. The standard InChI is InChI=1S/C7H5N3O5/c8-4(11)3-5(12)14-7-9-1-2-10(7)15-6(3)13/h1-3H,(H2,8,11). The van der Waals surface area contributed by atoms with Crippen LogP contribution in [0.3, 0.4) is 0 Å². The van der Waals surface area contributed by atoms with Crippen molar-refractivity contribution in [3.63, 3.8) is 0 Å². The van der Waals surface area contributed by atoms with E-state index in [9.17, 15) is 14.4 Å². The van der Waals surface area contributed by atoms with Gasteiger partial charge in [0.05, 0.1) is 12.4 Å². The molecule has 8 heteroatoms. The Kier molecular flexibility index (Phi) is 1.89. The fourth-order valence-electron chi connectivity index (χ4n) is 1.05. The molecule has 2 rings (SSSR count). The highest BCUT2D eigenvalue weighted by Gasteiger charge is 2.40. The molecule has 2 N–H and O–H groups in total. The summed E-state index contributed by atoms with van der Waals surface area (Å²) in [6.07, 6.45) is 2.52. The van der Waals surface area contributed by atoms with Gasteiger partial charge in [0.2, 0.25) is 11.8 Å². The van der Waals surface area contributed by atoms with Gasteiger partial charge in [-0.1, -0.05) is 0 Å². The lowest BCUT2D eigenvalue weighted by Crippen LogP contribution is -2.40. The van der Waals surface area contributed by atoms with Gasteiger partial charge in [-0.05, 0) is 0 Å². The topological polar surface area (TPSA) is 114 Å². The zero-order valence-electron chi connectivity index (χ0n) is 7.25. The molecule has 1 atom stereocenters. The van der Waals surface area contributed by atoms with Crippen molar-refractivity contribution in [3.8, 4) is 6.01 Å². The second-order valence-electron chi connectivity index (χ2n) is 2.70. The Morgan fingerprint density at radius 3 is 2.87 bits per heavy atom. The number of primary amides is 1. The third-order valence-electron chi connectivity index (χ3n) is 1.71. The van der Waals surface area contributed by atoms with Gasteiger partial charge in [-0.2, -0.15) is 0 Å². The molecule has 0 bridgehead atoms. The summed E-state index contributed by atoms with van der Waals surface area (Å²) in [5, 5.41) is 0. The number of nitrogens with two attached hydrogens (primary N) is 1. The van der Waals surface area contributed by atoms with Crippen molar-refractivity contribution in [2.45, 2.75) is 0 Å². The third-order valence-corrected chi connectivity index (χ3v) is 1.71. The molecule has 15 heavy (non-hydrogen) atoms. The molecule has 0 spiro atoms. The van der Waals surface area contributed by atoms with E-state index in [0.29, 0.717) is 0 Å². The largest absolute Gasteiger partial charge is 0.389 e. The van der Waals surface area contributed by atoms with E-state index in [1.54, 1.807) is 0 Å². The molecule has 1 amide bonds. The number of fused-ring (bicyclic) bond motifs is 1. The van der Waals surface area contributed by atoms with Gasteiger partial charge in [-0.25, -0.2) is 9.78 Å². The average molecular weight is 211 g/mol. The van der Waals surface area contributed by atoms with Crippen LogP contribution in [0.4, 0.5) is 0 Å². The summed E-state index contributed by atoms with van der Waals surface area (Å²) in [5.74, 6) is -5.08. The molecular weight excluding hydrogens is 206 g/mol. The van der Waals surface area contributed by atoms with Gasteiger partial charge in [0.25, 0.3) is 0 Å². The second-order valence-corrected chi connectivity index (χ2v) is 2.70. The zero-order valence-corrected chi connectivity index (χ0v) is 7.25. The molecule has 1 unspecified atom stereocenters. The fraction of sp³-hybridized carbons (Fsp3) is 0.143. The maximum Gasteiger partial charge on any atom is 0.356 e. The Bertz CT molecular complexity index is 419. The van der Waals surface area contributed by atoms with Crippen LogP contribution in [0.1, 0.15) is 0 Å². The molecular formula is C7H5N3O5. The number of hydrogen-bond acceptors (Lipinski definition) is 6. The number of carbonyl (C=O) groups is 3. The Morgan fingerprint density at radius 2 is 2.20 bits per heavy atom. The number of aromatic nitrogens is 2. The predicted octanol–water partition coefficient (Wildman–Crippen LogP) is -2.14. The Morgan fingerprint density at radius 1 is 1.47 bits per heavy atom. The zero-order chi connectivity index (χ0) is 11.0. The summed E-state index contributed by atoms with van der Waals surface area (Å²) in [4.78, 5) is 41.5. The van der Waals surface area contributed by atoms with E-state index >= 15 is 0 Å². The van der Waals surface area contributed by atoms with E-state index in [0.717, 1.165) is 4.73 Å². The molecule has 1 aromatic rings. The van der Waals surface area contributed by atoms with Crippen molar-refractivity contribution in [1.29, 1.82) is 0 Å². The Hall–Kier alpha value is -2.38. The SMILES string of the molecule is NC(=O)C1C(=O)Oc2nccn2OC1=O. The minimum atomic E-state index is -1.76. The lowest BCUT2D eigenvalue weighted by molar-refractivity contribution is -0.156. The van der Waals surface area contributed by atoms with E-state index in [2.05, 4.69) is 14.6 Å². The molecule has 0 radical (unpaired) electrons. The maximum atomic E-state index is 11.3. The van der Waals surface area contributed by atoms with E-state index in [1.807, 2.05) is 0 Å². The van der Waals surface area contributed by atoms with Gasteiger partial charge in [0.15, 0.2) is 0 Å². The van der Waals surface area contributed by atoms with E-state index in [-0.39, 0.29) is 6.01 Å². The van der Waals surface area contributed by atoms with Crippen molar-refractivity contribution in [3.05, 3.63) is 12.4 Å². The van der Waals surface area contributed by atoms with Crippen LogP contribution in [0.2, 0.25) is 0 Å². The number of rotatable bonds is 1. The van der Waals surface area contributed by atoms with E-state index in [1.165, 1.54) is 12.4 Å². The van der Waals surface area contributed by atoms with Crippen LogP contribution in [0.5, 0.6) is 6.01 Å². The van der Waals surface area contributed by atoms with Crippen molar-refractivity contribution in [2.24, 2.45) is 11.7 Å². The van der Waals surface area contributed by atoms with Crippen LogP contribution in [0.25, 0.3) is 0 Å². The molecule has 0 aromatic carbocycles. The maximum absolute atomic E-state index is 11.3. The second kappa shape index (κ2) is 3.08. The minimum absolute atomic E-state index is 0.225. The molecule has 0 saturated heterocycles. The van der Waals surface area contributed by atoms with Crippen LogP contribution in [-0.4, -0.2) is 27.6 Å². The molecule has 1 aliphatic rings. The first-order chi connectivity index (χ1) is 7.09. The smallest absolute Gasteiger partial charge is 0.356 e. The van der Waals surface area contributed by atoms with Crippen molar-refractivity contribution >= 4 is 17.8 Å². The van der Waals surface area contributed by atoms with Crippen LogP contribution < -0.4 is 15.3 Å². The number of hydrogen-bond donors (Lipinski definition) is 1. The summed E-state index contributed by atoms with van der Waals surface area (Å²) in [5.41, 5.74) is 4.85. The first-order valence-corrected chi connectivity index (χ1v) is 3.86. The molecule has 1 aliphatic heterocycles. The summed E-state index contributed by atoms with van der Waals surface area (Å²) in [6, 6.07) is -0.225. The highest BCUT2D eigenvalue weighted by Crippen LogP contribution is 2.13. The van der Waals surface area contributed by atoms with Crippen molar-refractivity contribution in [2.75, 3.05) is 0 Å². The van der Waals surface area contributed by atoms with Gasteiger partial charge < -0.3 is 15.3 Å². The van der Waals surface area contributed by atoms with Crippen LogP contribution >= 0.6 is 0 Å². The van der Waals surface area contributed by atoms with E-state index in [4.69, 9.17) is 5.73 Å². The number of amides is 1. The van der Waals surface area contributed by atoms with Crippen molar-refractivity contribution < 1.29 is 24.0 Å². The lowest BCUT2D eigenvalue weighted by Gasteiger charge is -2.03. The van der Waals surface area contributed by atoms with Crippen LogP contribution in [-0.2, 0) is 14.4 Å². The first-order valence-electron chi connectivity index (χ1n) is 3.86. The number of nitrogens with zero attached hydrogens (tertiary/aromatic N) is 2. The van der Waals surface area contributed by atoms with Gasteiger partial charge in [0.1, 0.15) is 0 Å². The van der Waals surface area contributed by atoms with Gasteiger partial charge in [0, 0.05) is 0 Å².